The highest BCUT2D eigenvalue weighted by Crippen LogP contribution is 2.26. The van der Waals surface area contributed by atoms with Crippen molar-refractivity contribution in [3.63, 3.8) is 0 Å². The van der Waals surface area contributed by atoms with Crippen LogP contribution in [0.15, 0.2) is 0 Å². The van der Waals surface area contributed by atoms with E-state index < -0.39 is 23.0 Å². The van der Waals surface area contributed by atoms with Gasteiger partial charge in [0.15, 0.2) is 0 Å². The lowest BCUT2D eigenvalue weighted by atomic mass is 9.91. The number of hydrogen-bond donors (Lipinski definition) is 0. The van der Waals surface area contributed by atoms with Gasteiger partial charge < -0.3 is 0 Å². The van der Waals surface area contributed by atoms with Crippen molar-refractivity contribution in [3.05, 3.63) is 0 Å². The molecule has 0 aromatic carbocycles. The first-order valence-electron chi connectivity index (χ1n) is 6.27. The number of rotatable bonds is 7. The maximum Gasteiger partial charge on any atom is 0.252 e. The number of alkyl halides is 3. The number of sulfonamides is 1. The van der Waals surface area contributed by atoms with Crippen molar-refractivity contribution in [2.24, 2.45) is 5.92 Å². The average Bonchev–Trinajstić information content (AvgIpc) is 2.28. The zero-order chi connectivity index (χ0) is 13.6. The third-order valence-corrected chi connectivity index (χ3v) is 5.61. The SMILES string of the molecule is O=S(=O)(CC1CCCCC1)N(CCBr)CC(F)F. The normalized spacial score (nSPS) is 18.7. The molecule has 108 valence electrons. The molecule has 0 unspecified atom stereocenters. The van der Waals surface area contributed by atoms with E-state index in [9.17, 15) is 17.2 Å². The Bertz CT molecular complexity index is 332. The molecule has 0 atom stereocenters. The molecule has 3 nitrogen and oxygen atoms in total. The lowest BCUT2D eigenvalue weighted by molar-refractivity contribution is 0.121. The second-order valence-electron chi connectivity index (χ2n) is 4.72. The molecule has 0 saturated heterocycles. The van der Waals surface area contributed by atoms with Crippen LogP contribution in [-0.4, -0.2) is 43.3 Å². The lowest BCUT2D eigenvalue weighted by Gasteiger charge is -2.26. The van der Waals surface area contributed by atoms with E-state index in [0.717, 1.165) is 36.4 Å². The smallest absolute Gasteiger partial charge is 0.212 e. The predicted molar refractivity (Wildman–Crippen MR) is 71.7 cm³/mol. The van der Waals surface area contributed by atoms with Crippen LogP contribution in [0.1, 0.15) is 32.1 Å². The number of hydrogen-bond acceptors (Lipinski definition) is 2. The van der Waals surface area contributed by atoms with Gasteiger partial charge >= 0.3 is 0 Å². The minimum absolute atomic E-state index is 0.0206. The summed E-state index contributed by atoms with van der Waals surface area (Å²) in [6.45, 7) is -0.583. The monoisotopic (exact) mass is 347 g/mol. The molecule has 1 rings (SSSR count). The summed E-state index contributed by atoms with van der Waals surface area (Å²) in [5, 5.41) is 0.379. The molecule has 1 aliphatic carbocycles. The fraction of sp³-hybridized carbons (Fsp3) is 1.00. The Hall–Kier alpha value is 0.250. The molecule has 0 aromatic heterocycles. The number of nitrogens with zero attached hydrogens (tertiary/aromatic N) is 1. The Morgan fingerprint density at radius 1 is 1.22 bits per heavy atom. The third kappa shape index (κ3) is 5.48. The standard InChI is InChI=1S/C11H20BrF2NO2S/c12-6-7-15(8-11(13)14)18(16,17)9-10-4-2-1-3-5-10/h10-11H,1-9H2. The van der Waals surface area contributed by atoms with Gasteiger partial charge in [0, 0.05) is 11.9 Å². The van der Waals surface area contributed by atoms with Gasteiger partial charge in [-0.25, -0.2) is 17.2 Å². The predicted octanol–water partition coefficient (Wildman–Crippen LogP) is 2.86. The molecular formula is C11H20BrF2NO2S. The largest absolute Gasteiger partial charge is 0.252 e. The van der Waals surface area contributed by atoms with E-state index in [0.29, 0.717) is 5.33 Å². The van der Waals surface area contributed by atoms with Crippen LogP contribution in [0.4, 0.5) is 8.78 Å². The summed E-state index contributed by atoms with van der Waals surface area (Å²) in [5.41, 5.74) is 0. The van der Waals surface area contributed by atoms with Crippen molar-refractivity contribution in [3.8, 4) is 0 Å². The first kappa shape index (κ1) is 16.3. The van der Waals surface area contributed by atoms with Gasteiger partial charge in [-0.05, 0) is 18.8 Å². The van der Waals surface area contributed by atoms with Crippen molar-refractivity contribution in [2.45, 2.75) is 38.5 Å². The van der Waals surface area contributed by atoms with E-state index in [4.69, 9.17) is 0 Å². The van der Waals surface area contributed by atoms with Crippen LogP contribution in [0.25, 0.3) is 0 Å². The van der Waals surface area contributed by atoms with Crippen molar-refractivity contribution in [2.75, 3.05) is 24.2 Å². The third-order valence-electron chi connectivity index (χ3n) is 3.24. The van der Waals surface area contributed by atoms with Gasteiger partial charge in [0.05, 0.1) is 12.3 Å². The van der Waals surface area contributed by atoms with Crippen molar-refractivity contribution < 1.29 is 17.2 Å². The summed E-state index contributed by atoms with van der Waals surface area (Å²) in [6.07, 6.45) is 2.43. The Labute approximate surface area is 116 Å². The topological polar surface area (TPSA) is 37.4 Å². The summed E-state index contributed by atoms with van der Waals surface area (Å²) in [6, 6.07) is 0. The molecular weight excluding hydrogens is 328 g/mol. The van der Waals surface area contributed by atoms with E-state index in [1.54, 1.807) is 0 Å². The average molecular weight is 348 g/mol. The van der Waals surface area contributed by atoms with Gasteiger partial charge in [-0.15, -0.1) is 0 Å². The highest BCUT2D eigenvalue weighted by molar-refractivity contribution is 9.09. The lowest BCUT2D eigenvalue weighted by Crippen LogP contribution is -2.39. The minimum Gasteiger partial charge on any atom is -0.212 e. The molecule has 0 bridgehead atoms. The second-order valence-corrected chi connectivity index (χ2v) is 7.53. The molecule has 0 aromatic rings. The van der Waals surface area contributed by atoms with Gasteiger partial charge in [0.1, 0.15) is 0 Å². The molecule has 0 heterocycles. The first-order valence-corrected chi connectivity index (χ1v) is 9.00. The summed E-state index contributed by atoms with van der Waals surface area (Å²) in [5.74, 6) is 0.159. The van der Waals surface area contributed by atoms with Gasteiger partial charge in [-0.2, -0.15) is 4.31 Å². The van der Waals surface area contributed by atoms with Crippen LogP contribution in [0.3, 0.4) is 0 Å². The molecule has 1 aliphatic rings. The Kier molecular flexibility index (Phi) is 7.02. The Balaban J connectivity index is 2.61. The van der Waals surface area contributed by atoms with Gasteiger partial charge in [-0.3, -0.25) is 0 Å². The summed E-state index contributed by atoms with van der Waals surface area (Å²) in [7, 11) is -3.56. The maximum atomic E-state index is 12.4. The van der Waals surface area contributed by atoms with E-state index in [1.807, 2.05) is 0 Å². The quantitative estimate of drug-likeness (QED) is 0.664. The van der Waals surface area contributed by atoms with Gasteiger partial charge in [0.2, 0.25) is 10.0 Å². The second kappa shape index (κ2) is 7.75. The van der Waals surface area contributed by atoms with E-state index in [2.05, 4.69) is 15.9 Å². The van der Waals surface area contributed by atoms with Crippen LogP contribution < -0.4 is 0 Å². The van der Waals surface area contributed by atoms with Crippen LogP contribution >= 0.6 is 15.9 Å². The van der Waals surface area contributed by atoms with Gasteiger partial charge in [-0.1, -0.05) is 35.2 Å². The summed E-state index contributed by atoms with van der Waals surface area (Å²) < 4.78 is 49.9. The summed E-state index contributed by atoms with van der Waals surface area (Å²) >= 11 is 3.11. The van der Waals surface area contributed by atoms with Crippen molar-refractivity contribution >= 4 is 26.0 Å². The Morgan fingerprint density at radius 2 is 1.83 bits per heavy atom. The minimum atomic E-state index is -3.56. The fourth-order valence-electron chi connectivity index (χ4n) is 2.35. The number of halogens is 3. The molecule has 1 fully saturated rings. The summed E-state index contributed by atoms with van der Waals surface area (Å²) in [4.78, 5) is 0. The fourth-order valence-corrected chi connectivity index (χ4v) is 4.86. The first-order chi connectivity index (χ1) is 8.45. The van der Waals surface area contributed by atoms with E-state index >= 15 is 0 Å². The van der Waals surface area contributed by atoms with Gasteiger partial charge in [0.25, 0.3) is 6.43 Å². The highest BCUT2D eigenvalue weighted by Gasteiger charge is 2.28. The maximum absolute atomic E-state index is 12.4. The highest BCUT2D eigenvalue weighted by atomic mass is 79.9. The van der Waals surface area contributed by atoms with Crippen LogP contribution in [-0.2, 0) is 10.0 Å². The Morgan fingerprint density at radius 3 is 2.33 bits per heavy atom. The van der Waals surface area contributed by atoms with Crippen molar-refractivity contribution in [1.82, 2.24) is 4.31 Å². The molecule has 0 spiro atoms. The molecule has 0 N–H and O–H groups in total. The zero-order valence-corrected chi connectivity index (χ0v) is 12.7. The molecule has 18 heavy (non-hydrogen) atoms. The molecule has 0 amide bonds. The van der Waals surface area contributed by atoms with E-state index in [1.165, 1.54) is 0 Å². The van der Waals surface area contributed by atoms with Crippen LogP contribution in [0, 0.1) is 5.92 Å². The van der Waals surface area contributed by atoms with Crippen molar-refractivity contribution in [1.29, 1.82) is 0 Å². The van der Waals surface area contributed by atoms with Crippen LogP contribution in [0.5, 0.6) is 0 Å². The van der Waals surface area contributed by atoms with Crippen LogP contribution in [0.2, 0.25) is 0 Å². The van der Waals surface area contributed by atoms with E-state index in [-0.39, 0.29) is 18.2 Å². The zero-order valence-electron chi connectivity index (χ0n) is 10.3. The molecule has 0 aliphatic heterocycles. The molecule has 7 heteroatoms. The molecule has 1 saturated carbocycles. The molecule has 0 radical (unpaired) electrons.